The van der Waals surface area contributed by atoms with E-state index in [0.717, 1.165) is 5.56 Å². The quantitative estimate of drug-likeness (QED) is 0.621. The minimum atomic E-state index is -0.891. The maximum Gasteiger partial charge on any atom is 0.262 e. The second-order valence-corrected chi connectivity index (χ2v) is 6.04. The third-order valence-electron chi connectivity index (χ3n) is 4.65. The van der Waals surface area contributed by atoms with Gasteiger partial charge in [0.2, 0.25) is 0 Å². The van der Waals surface area contributed by atoms with Crippen molar-refractivity contribution in [2.24, 2.45) is 0 Å². The predicted octanol–water partition coefficient (Wildman–Crippen LogP) is 1.33. The summed E-state index contributed by atoms with van der Waals surface area (Å²) in [6.45, 7) is 0. The second-order valence-electron chi connectivity index (χ2n) is 6.04. The van der Waals surface area contributed by atoms with Gasteiger partial charge in [-0.3, -0.25) is 19.3 Å². The molecular formula is C18H12BNO3. The van der Waals surface area contributed by atoms with Gasteiger partial charge in [-0.2, -0.15) is 0 Å². The fraction of sp³-hybridized carbons (Fsp3) is 0.167. The van der Waals surface area contributed by atoms with E-state index in [0.29, 0.717) is 16.6 Å². The molecule has 1 heterocycles. The molecule has 1 aliphatic carbocycles. The molecule has 2 aliphatic rings. The van der Waals surface area contributed by atoms with Crippen molar-refractivity contribution in [1.29, 1.82) is 0 Å². The molecule has 1 saturated carbocycles. The molecule has 23 heavy (non-hydrogen) atoms. The van der Waals surface area contributed by atoms with Crippen LogP contribution in [0.25, 0.3) is 0 Å². The number of imide groups is 1. The third kappa shape index (κ3) is 1.83. The number of ketones is 1. The highest BCUT2D eigenvalue weighted by Gasteiger charge is 2.56. The van der Waals surface area contributed by atoms with Gasteiger partial charge in [-0.25, -0.2) is 0 Å². The molecule has 1 aliphatic heterocycles. The Balaban J connectivity index is 1.84. The van der Waals surface area contributed by atoms with Crippen LogP contribution < -0.4 is 5.46 Å². The zero-order chi connectivity index (χ0) is 16.2. The Morgan fingerprint density at radius 1 is 0.826 bits per heavy atom. The average Bonchev–Trinajstić information content (AvgIpc) is 2.77. The SMILES string of the molecule is [B]c1ccc(C2(N3C(=O)c4ccccc4C3=O)CC(=O)C2)cc1. The summed E-state index contributed by atoms with van der Waals surface area (Å²) in [5.41, 5.74) is 1.26. The summed E-state index contributed by atoms with van der Waals surface area (Å²) >= 11 is 0. The molecule has 0 aromatic heterocycles. The van der Waals surface area contributed by atoms with Crippen LogP contribution in [-0.4, -0.2) is 30.3 Å². The Kier molecular flexibility index (Phi) is 2.82. The minimum Gasteiger partial charge on any atom is -0.299 e. The Hall–Kier alpha value is -2.69. The largest absolute Gasteiger partial charge is 0.299 e. The van der Waals surface area contributed by atoms with Crippen molar-refractivity contribution in [2.45, 2.75) is 18.4 Å². The molecule has 2 aromatic rings. The Morgan fingerprint density at radius 2 is 1.35 bits per heavy atom. The molecule has 1 fully saturated rings. The van der Waals surface area contributed by atoms with Gasteiger partial charge in [-0.15, -0.1) is 0 Å². The molecule has 110 valence electrons. The van der Waals surface area contributed by atoms with Gasteiger partial charge in [0.05, 0.1) is 16.7 Å². The van der Waals surface area contributed by atoms with Crippen LogP contribution in [0.4, 0.5) is 0 Å². The number of rotatable bonds is 2. The first kappa shape index (κ1) is 13.9. The molecular weight excluding hydrogens is 289 g/mol. The second kappa shape index (κ2) is 4.65. The van der Waals surface area contributed by atoms with Crippen molar-refractivity contribution in [3.05, 3.63) is 65.2 Å². The Morgan fingerprint density at radius 3 is 1.83 bits per heavy atom. The summed E-state index contributed by atoms with van der Waals surface area (Å²) < 4.78 is 0. The molecule has 0 bridgehead atoms. The monoisotopic (exact) mass is 301 g/mol. The highest BCUT2D eigenvalue weighted by molar-refractivity contribution is 6.32. The van der Waals surface area contributed by atoms with Crippen LogP contribution in [0.2, 0.25) is 0 Å². The number of nitrogens with zero attached hydrogens (tertiary/aromatic N) is 1. The number of hydrogen-bond acceptors (Lipinski definition) is 3. The van der Waals surface area contributed by atoms with Crippen LogP contribution in [0.3, 0.4) is 0 Å². The minimum absolute atomic E-state index is 0.0402. The normalized spacial score (nSPS) is 18.8. The summed E-state index contributed by atoms with van der Waals surface area (Å²) in [6, 6.07) is 13.8. The smallest absolute Gasteiger partial charge is 0.262 e. The maximum atomic E-state index is 12.8. The highest BCUT2D eigenvalue weighted by Crippen LogP contribution is 2.47. The third-order valence-corrected chi connectivity index (χ3v) is 4.65. The summed E-state index contributed by atoms with van der Waals surface area (Å²) in [5, 5.41) is 0. The van der Waals surface area contributed by atoms with E-state index in [1.807, 2.05) is 0 Å². The lowest BCUT2D eigenvalue weighted by atomic mass is 9.69. The molecule has 2 aromatic carbocycles. The van der Waals surface area contributed by atoms with Crippen molar-refractivity contribution < 1.29 is 14.4 Å². The van der Waals surface area contributed by atoms with Crippen molar-refractivity contribution in [1.82, 2.24) is 4.90 Å². The van der Waals surface area contributed by atoms with Gasteiger partial charge in [0.15, 0.2) is 0 Å². The molecule has 0 spiro atoms. The van der Waals surface area contributed by atoms with E-state index in [9.17, 15) is 14.4 Å². The van der Waals surface area contributed by atoms with Gasteiger partial charge in [-0.1, -0.05) is 41.9 Å². The first-order valence-corrected chi connectivity index (χ1v) is 7.38. The highest BCUT2D eigenvalue weighted by atomic mass is 16.2. The molecule has 0 saturated heterocycles. The molecule has 2 amide bonds. The van der Waals surface area contributed by atoms with Gasteiger partial charge in [0.25, 0.3) is 11.8 Å². The van der Waals surface area contributed by atoms with Crippen molar-refractivity contribution in [2.75, 3.05) is 0 Å². The lowest BCUT2D eigenvalue weighted by Gasteiger charge is -2.46. The number of fused-ring (bicyclic) bond motifs is 1. The first-order chi connectivity index (χ1) is 11.0. The van der Waals surface area contributed by atoms with Crippen molar-refractivity contribution in [3.8, 4) is 0 Å². The van der Waals surface area contributed by atoms with Crippen LogP contribution >= 0.6 is 0 Å². The zero-order valence-electron chi connectivity index (χ0n) is 12.3. The number of hydrogen-bond donors (Lipinski definition) is 0. The Bertz CT molecular complexity index is 814. The molecule has 4 rings (SSSR count). The average molecular weight is 301 g/mol. The van der Waals surface area contributed by atoms with E-state index in [-0.39, 0.29) is 30.4 Å². The van der Waals surface area contributed by atoms with E-state index in [4.69, 9.17) is 7.85 Å². The molecule has 2 radical (unpaired) electrons. The first-order valence-electron chi connectivity index (χ1n) is 7.38. The number of carbonyl (C=O) groups excluding carboxylic acids is 3. The lowest BCUT2D eigenvalue weighted by Crippen LogP contribution is -2.57. The molecule has 5 heteroatoms. The number of benzene rings is 2. The summed E-state index contributed by atoms with van der Waals surface area (Å²) in [4.78, 5) is 38.5. The van der Waals surface area contributed by atoms with Gasteiger partial charge < -0.3 is 0 Å². The van der Waals surface area contributed by atoms with Gasteiger partial charge in [0.1, 0.15) is 13.6 Å². The van der Waals surface area contributed by atoms with Gasteiger partial charge in [0, 0.05) is 12.8 Å². The van der Waals surface area contributed by atoms with Gasteiger partial charge >= 0.3 is 0 Å². The van der Waals surface area contributed by atoms with Crippen LogP contribution in [0.15, 0.2) is 48.5 Å². The van der Waals surface area contributed by atoms with E-state index in [1.54, 1.807) is 48.5 Å². The van der Waals surface area contributed by atoms with E-state index in [1.165, 1.54) is 4.90 Å². The van der Waals surface area contributed by atoms with Gasteiger partial charge in [-0.05, 0) is 17.7 Å². The van der Waals surface area contributed by atoms with Crippen LogP contribution in [0, 0.1) is 0 Å². The fourth-order valence-corrected chi connectivity index (χ4v) is 3.46. The maximum absolute atomic E-state index is 12.8. The number of amides is 2. The van der Waals surface area contributed by atoms with Crippen molar-refractivity contribution >= 4 is 30.9 Å². The van der Waals surface area contributed by atoms with Crippen molar-refractivity contribution in [3.63, 3.8) is 0 Å². The molecule has 0 unspecified atom stereocenters. The molecule has 4 nitrogen and oxygen atoms in total. The summed E-state index contributed by atoms with van der Waals surface area (Å²) in [6.07, 6.45) is 0.310. The predicted molar refractivity (Wildman–Crippen MR) is 84.7 cm³/mol. The van der Waals surface area contributed by atoms with E-state index < -0.39 is 5.54 Å². The molecule has 0 N–H and O–H groups in total. The number of Topliss-reactive ketones (excluding diaryl/α,β-unsaturated/α-hetero) is 1. The number of carbonyl (C=O) groups is 3. The fourth-order valence-electron chi connectivity index (χ4n) is 3.46. The van der Waals surface area contributed by atoms with E-state index >= 15 is 0 Å². The van der Waals surface area contributed by atoms with Crippen LogP contribution in [-0.2, 0) is 10.3 Å². The molecule has 0 atom stereocenters. The summed E-state index contributed by atoms with van der Waals surface area (Å²) in [7, 11) is 5.72. The van der Waals surface area contributed by atoms with Crippen LogP contribution in [0.1, 0.15) is 39.1 Å². The standard InChI is InChI=1S/C18H12BNO3/c19-12-7-5-11(6-8-12)18(9-13(21)10-18)20-16(22)14-3-1-2-4-15(14)17(20)23/h1-8H,9-10H2. The van der Waals surface area contributed by atoms with Crippen LogP contribution in [0.5, 0.6) is 0 Å². The lowest BCUT2D eigenvalue weighted by molar-refractivity contribution is -0.132. The zero-order valence-corrected chi connectivity index (χ0v) is 12.3. The van der Waals surface area contributed by atoms with E-state index in [2.05, 4.69) is 0 Å². The summed E-state index contributed by atoms with van der Waals surface area (Å²) in [5.74, 6) is -0.636. The topological polar surface area (TPSA) is 54.5 Å². The Labute approximate surface area is 134 Å².